The Balaban J connectivity index is 2.37. The average molecular weight is 291 g/mol. The maximum Gasteiger partial charge on any atom is 0.246 e. The van der Waals surface area contributed by atoms with Crippen molar-refractivity contribution in [1.82, 2.24) is 14.5 Å². The minimum absolute atomic E-state index is 0.0286. The maximum absolute atomic E-state index is 12.5. The molecule has 0 aliphatic carbocycles. The molecule has 1 unspecified atom stereocenters. The highest BCUT2D eigenvalue weighted by atomic mass is 32.2. The molecule has 0 radical (unpaired) electrons. The molecule has 1 saturated heterocycles. The van der Waals surface area contributed by atoms with Crippen molar-refractivity contribution < 1.29 is 13.5 Å². The fourth-order valence-electron chi connectivity index (χ4n) is 2.07. The van der Waals surface area contributed by atoms with E-state index in [2.05, 4.69) is 10.2 Å². The lowest BCUT2D eigenvalue weighted by atomic mass is 10.3. The van der Waals surface area contributed by atoms with E-state index < -0.39 is 10.0 Å². The maximum atomic E-state index is 12.5. The number of aromatic amines is 1. The van der Waals surface area contributed by atoms with E-state index in [1.807, 2.05) is 0 Å². The van der Waals surface area contributed by atoms with Crippen molar-refractivity contribution >= 4 is 21.8 Å². The lowest BCUT2D eigenvalue weighted by Gasteiger charge is -2.23. The standard InChI is InChI=1S/C10H17N3O3S2/c1-7-10(9(5-14)12-11-7)18(15,16)13(2)8-3-4-17-6-8/h8,14H,3-6H2,1-2H3,(H,11,12). The summed E-state index contributed by atoms with van der Waals surface area (Å²) in [6, 6.07) is 0.0286. The Morgan fingerprint density at radius 1 is 1.61 bits per heavy atom. The van der Waals surface area contributed by atoms with Gasteiger partial charge in [0, 0.05) is 18.8 Å². The van der Waals surface area contributed by atoms with Crippen LogP contribution >= 0.6 is 11.8 Å². The molecule has 1 aromatic heterocycles. The van der Waals surface area contributed by atoms with Crippen LogP contribution in [0.5, 0.6) is 0 Å². The first-order valence-corrected chi connectivity index (χ1v) is 8.28. The molecule has 1 aliphatic rings. The van der Waals surface area contributed by atoms with Crippen molar-refractivity contribution in [2.24, 2.45) is 0 Å². The predicted octanol–water partition coefficient (Wildman–Crippen LogP) is 0.336. The third-order valence-electron chi connectivity index (χ3n) is 3.17. The molecule has 1 atom stereocenters. The molecule has 8 heteroatoms. The Kier molecular flexibility index (Phi) is 4.00. The van der Waals surface area contributed by atoms with Gasteiger partial charge in [0.25, 0.3) is 0 Å². The van der Waals surface area contributed by atoms with E-state index in [4.69, 9.17) is 0 Å². The topological polar surface area (TPSA) is 86.3 Å². The van der Waals surface area contributed by atoms with Crippen LogP contribution in [0.4, 0.5) is 0 Å². The average Bonchev–Trinajstić information content (AvgIpc) is 2.96. The predicted molar refractivity (Wildman–Crippen MR) is 69.9 cm³/mol. The molecule has 1 aromatic rings. The van der Waals surface area contributed by atoms with Crippen molar-refractivity contribution in [1.29, 1.82) is 0 Å². The third-order valence-corrected chi connectivity index (χ3v) is 6.43. The van der Waals surface area contributed by atoms with Gasteiger partial charge >= 0.3 is 0 Å². The van der Waals surface area contributed by atoms with Crippen molar-refractivity contribution in [2.45, 2.75) is 30.9 Å². The summed E-state index contributed by atoms with van der Waals surface area (Å²) in [6.07, 6.45) is 0.867. The number of nitrogens with one attached hydrogen (secondary N) is 1. The van der Waals surface area contributed by atoms with Crippen molar-refractivity contribution in [3.8, 4) is 0 Å². The van der Waals surface area contributed by atoms with Crippen LogP contribution in [0, 0.1) is 6.92 Å². The Bertz CT molecular complexity index is 520. The fraction of sp³-hybridized carbons (Fsp3) is 0.700. The second-order valence-corrected chi connectivity index (χ2v) is 7.41. The summed E-state index contributed by atoms with van der Waals surface area (Å²) < 4.78 is 26.5. The summed E-state index contributed by atoms with van der Waals surface area (Å²) in [5.41, 5.74) is 0.654. The number of hydrogen-bond donors (Lipinski definition) is 2. The Morgan fingerprint density at radius 3 is 2.89 bits per heavy atom. The molecule has 0 saturated carbocycles. The zero-order valence-electron chi connectivity index (χ0n) is 10.4. The van der Waals surface area contributed by atoms with Gasteiger partial charge < -0.3 is 5.11 Å². The zero-order valence-corrected chi connectivity index (χ0v) is 12.0. The van der Waals surface area contributed by atoms with Gasteiger partial charge in [0.05, 0.1) is 12.3 Å². The lowest BCUT2D eigenvalue weighted by molar-refractivity contribution is 0.273. The fourth-order valence-corrected chi connectivity index (χ4v) is 5.13. The van der Waals surface area contributed by atoms with Gasteiger partial charge in [0.15, 0.2) is 0 Å². The molecule has 1 fully saturated rings. The number of sulfonamides is 1. The van der Waals surface area contributed by atoms with E-state index in [1.54, 1.807) is 25.7 Å². The van der Waals surface area contributed by atoms with Crippen LogP contribution in [-0.4, -0.2) is 52.6 Å². The first-order chi connectivity index (χ1) is 8.48. The summed E-state index contributed by atoms with van der Waals surface area (Å²) in [4.78, 5) is 0.115. The third kappa shape index (κ3) is 2.29. The molecule has 1 aliphatic heterocycles. The molecule has 18 heavy (non-hydrogen) atoms. The lowest BCUT2D eigenvalue weighted by Crippen LogP contribution is -2.37. The molecule has 2 N–H and O–H groups in total. The van der Waals surface area contributed by atoms with E-state index >= 15 is 0 Å². The van der Waals surface area contributed by atoms with Gasteiger partial charge in [0.1, 0.15) is 10.6 Å². The molecule has 2 heterocycles. The summed E-state index contributed by atoms with van der Waals surface area (Å²) in [5.74, 6) is 1.81. The number of aryl methyl sites for hydroxylation is 1. The number of aliphatic hydroxyl groups is 1. The van der Waals surface area contributed by atoms with Gasteiger partial charge in [-0.25, -0.2) is 8.42 Å². The molecule has 0 amide bonds. The van der Waals surface area contributed by atoms with E-state index in [-0.39, 0.29) is 23.2 Å². The molecule has 102 valence electrons. The van der Waals surface area contributed by atoms with Crippen LogP contribution in [0.15, 0.2) is 4.90 Å². The first kappa shape index (κ1) is 13.9. The van der Waals surface area contributed by atoms with Gasteiger partial charge in [-0.15, -0.1) is 0 Å². The number of nitrogens with zero attached hydrogens (tertiary/aromatic N) is 2. The molecule has 0 bridgehead atoms. The molecule has 0 spiro atoms. The highest BCUT2D eigenvalue weighted by Crippen LogP contribution is 2.28. The van der Waals surface area contributed by atoms with E-state index in [0.29, 0.717) is 5.69 Å². The van der Waals surface area contributed by atoms with E-state index in [1.165, 1.54) is 4.31 Å². The largest absolute Gasteiger partial charge is 0.390 e. The van der Waals surface area contributed by atoms with Gasteiger partial charge in [-0.2, -0.15) is 21.2 Å². The normalized spacial score (nSPS) is 20.8. The van der Waals surface area contributed by atoms with Gasteiger partial charge in [0.2, 0.25) is 10.0 Å². The molecule has 6 nitrogen and oxygen atoms in total. The van der Waals surface area contributed by atoms with Crippen molar-refractivity contribution in [3.63, 3.8) is 0 Å². The second-order valence-electron chi connectivity index (χ2n) is 4.32. The Hall–Kier alpha value is -0.570. The van der Waals surface area contributed by atoms with E-state index in [0.717, 1.165) is 17.9 Å². The van der Waals surface area contributed by atoms with Crippen LogP contribution in [0.3, 0.4) is 0 Å². The van der Waals surface area contributed by atoms with Crippen molar-refractivity contribution in [2.75, 3.05) is 18.6 Å². The quantitative estimate of drug-likeness (QED) is 0.835. The number of H-pyrrole nitrogens is 1. The van der Waals surface area contributed by atoms with E-state index in [9.17, 15) is 13.5 Å². The summed E-state index contributed by atoms with van der Waals surface area (Å²) in [7, 11) is -1.99. The Labute approximate surface area is 111 Å². The minimum atomic E-state index is -3.59. The van der Waals surface area contributed by atoms with Crippen LogP contribution in [0.1, 0.15) is 17.8 Å². The number of thioether (sulfide) groups is 1. The van der Waals surface area contributed by atoms with Gasteiger partial charge in [-0.1, -0.05) is 0 Å². The Morgan fingerprint density at radius 2 is 2.33 bits per heavy atom. The smallest absolute Gasteiger partial charge is 0.246 e. The molecular formula is C10H17N3O3S2. The number of hydrogen-bond acceptors (Lipinski definition) is 5. The number of aromatic nitrogens is 2. The second kappa shape index (κ2) is 5.20. The van der Waals surface area contributed by atoms with Gasteiger partial charge in [-0.05, 0) is 19.1 Å². The van der Waals surface area contributed by atoms with Crippen LogP contribution in [-0.2, 0) is 16.6 Å². The monoisotopic (exact) mass is 291 g/mol. The molecular weight excluding hydrogens is 274 g/mol. The van der Waals surface area contributed by atoms with Crippen LogP contribution < -0.4 is 0 Å². The summed E-state index contributed by atoms with van der Waals surface area (Å²) >= 11 is 1.76. The highest BCUT2D eigenvalue weighted by Gasteiger charge is 2.34. The number of aliphatic hydroxyl groups excluding tert-OH is 1. The zero-order chi connectivity index (χ0) is 13.3. The molecule has 0 aromatic carbocycles. The SMILES string of the molecule is Cc1[nH]nc(CO)c1S(=O)(=O)N(C)C1CCSC1. The van der Waals surface area contributed by atoms with Gasteiger partial charge in [-0.3, -0.25) is 5.10 Å². The summed E-state index contributed by atoms with van der Waals surface area (Å²) in [6.45, 7) is 1.27. The summed E-state index contributed by atoms with van der Waals surface area (Å²) in [5, 5.41) is 15.6. The number of rotatable bonds is 4. The van der Waals surface area contributed by atoms with Crippen LogP contribution in [0.2, 0.25) is 0 Å². The first-order valence-electron chi connectivity index (χ1n) is 5.69. The van der Waals surface area contributed by atoms with Crippen LogP contribution in [0.25, 0.3) is 0 Å². The minimum Gasteiger partial charge on any atom is -0.390 e. The van der Waals surface area contributed by atoms with Crippen molar-refractivity contribution in [3.05, 3.63) is 11.4 Å². The highest BCUT2D eigenvalue weighted by molar-refractivity contribution is 7.99. The molecule has 2 rings (SSSR count).